The van der Waals surface area contributed by atoms with Crippen molar-refractivity contribution in [2.45, 2.75) is 37.9 Å². The number of hydrogen-bond acceptors (Lipinski definition) is 3. The third-order valence-electron chi connectivity index (χ3n) is 6.66. The minimum atomic E-state index is -3.15. The van der Waals surface area contributed by atoms with Crippen LogP contribution < -0.4 is 10.4 Å². The summed E-state index contributed by atoms with van der Waals surface area (Å²) in [5.41, 5.74) is 6.04. The quantitative estimate of drug-likeness (QED) is 0.719. The maximum absolute atomic E-state index is 13.7. The van der Waals surface area contributed by atoms with E-state index < -0.39 is 9.84 Å². The first kappa shape index (κ1) is 21.1. The standard InChI is InChI=1S/C27H25FO3S/c1-16-12-24-22(4-3-5-25(24)29)27-23(18-7-9-20(28)10-8-18)14-19-13-17(15-32(2,30)31)6-11-21(19)26(16)27/h6-14,16,23H,3-5,15H2,1-2H3. The van der Waals surface area contributed by atoms with Crippen LogP contribution in [0.15, 0.2) is 65.3 Å². The third-order valence-corrected chi connectivity index (χ3v) is 7.52. The molecule has 0 radical (unpaired) electrons. The molecule has 0 bridgehead atoms. The van der Waals surface area contributed by atoms with Crippen molar-refractivity contribution in [3.63, 3.8) is 0 Å². The Morgan fingerprint density at radius 2 is 1.75 bits per heavy atom. The lowest BCUT2D eigenvalue weighted by Crippen LogP contribution is -2.37. The summed E-state index contributed by atoms with van der Waals surface area (Å²) >= 11 is 0. The highest BCUT2D eigenvalue weighted by Crippen LogP contribution is 2.47. The lowest BCUT2D eigenvalue weighted by Gasteiger charge is -2.36. The minimum Gasteiger partial charge on any atom is -0.294 e. The molecule has 3 aliphatic carbocycles. The van der Waals surface area contributed by atoms with E-state index in [-0.39, 0.29) is 29.2 Å². The Balaban J connectivity index is 1.81. The monoisotopic (exact) mass is 448 g/mol. The largest absolute Gasteiger partial charge is 0.294 e. The third kappa shape index (κ3) is 3.69. The summed E-state index contributed by atoms with van der Waals surface area (Å²) < 4.78 is 37.4. The van der Waals surface area contributed by atoms with Crippen LogP contribution in [0.1, 0.15) is 43.2 Å². The molecule has 5 rings (SSSR count). The van der Waals surface area contributed by atoms with Gasteiger partial charge in [-0.25, -0.2) is 12.8 Å². The van der Waals surface area contributed by atoms with E-state index in [2.05, 4.69) is 19.1 Å². The number of halogens is 1. The number of carbonyl (C=O) groups excluding carboxylic acids is 1. The first-order valence-corrected chi connectivity index (χ1v) is 13.0. The Hall–Kier alpha value is -2.79. The number of rotatable bonds is 3. The second-order valence-electron chi connectivity index (χ2n) is 9.14. The van der Waals surface area contributed by atoms with Crippen molar-refractivity contribution in [2.24, 2.45) is 5.92 Å². The van der Waals surface area contributed by atoms with Crippen molar-refractivity contribution in [3.05, 3.63) is 92.6 Å². The van der Waals surface area contributed by atoms with Gasteiger partial charge >= 0.3 is 0 Å². The number of fused-ring (bicyclic) bond motifs is 3. The van der Waals surface area contributed by atoms with E-state index in [1.54, 1.807) is 12.1 Å². The van der Waals surface area contributed by atoms with Crippen LogP contribution in [0.5, 0.6) is 0 Å². The zero-order valence-electron chi connectivity index (χ0n) is 18.2. The number of sulfone groups is 1. The lowest BCUT2D eigenvalue weighted by molar-refractivity contribution is -0.115. The van der Waals surface area contributed by atoms with Crippen molar-refractivity contribution in [3.8, 4) is 0 Å². The average molecular weight is 449 g/mol. The Kier molecular flexibility index (Phi) is 5.05. The summed E-state index contributed by atoms with van der Waals surface area (Å²) in [6.07, 6.45) is 7.76. The summed E-state index contributed by atoms with van der Waals surface area (Å²) in [5, 5.41) is 2.08. The highest BCUT2D eigenvalue weighted by Gasteiger charge is 2.35. The van der Waals surface area contributed by atoms with Gasteiger partial charge in [-0.3, -0.25) is 4.79 Å². The Bertz CT molecular complexity index is 1430. The molecule has 0 amide bonds. The van der Waals surface area contributed by atoms with Crippen molar-refractivity contribution in [1.29, 1.82) is 0 Å². The second-order valence-corrected chi connectivity index (χ2v) is 11.3. The van der Waals surface area contributed by atoms with E-state index in [0.717, 1.165) is 51.1 Å². The smallest absolute Gasteiger partial charge is 0.162 e. The summed E-state index contributed by atoms with van der Waals surface area (Å²) in [6.45, 7) is 2.11. The number of benzene rings is 2. The Morgan fingerprint density at radius 1 is 1.00 bits per heavy atom. The molecule has 164 valence electrons. The molecule has 1 fully saturated rings. The van der Waals surface area contributed by atoms with Crippen molar-refractivity contribution in [2.75, 3.05) is 6.26 Å². The molecule has 2 aromatic rings. The Labute approximate surface area is 187 Å². The van der Waals surface area contributed by atoms with Crippen LogP contribution in [0.25, 0.3) is 11.6 Å². The van der Waals surface area contributed by atoms with Crippen LogP contribution in [0.4, 0.5) is 4.39 Å². The number of allylic oxidation sites excluding steroid dienone is 4. The summed E-state index contributed by atoms with van der Waals surface area (Å²) in [5.74, 6) is -0.141. The van der Waals surface area contributed by atoms with Gasteiger partial charge in [0.2, 0.25) is 0 Å². The van der Waals surface area contributed by atoms with Crippen molar-refractivity contribution in [1.82, 2.24) is 0 Å². The predicted octanol–water partition coefficient (Wildman–Crippen LogP) is 3.72. The van der Waals surface area contributed by atoms with Crippen molar-refractivity contribution >= 4 is 27.3 Å². The molecular weight excluding hydrogens is 423 g/mol. The number of hydrogen-bond donors (Lipinski definition) is 0. The summed E-state index contributed by atoms with van der Waals surface area (Å²) in [6, 6.07) is 12.4. The molecule has 0 aliphatic heterocycles. The maximum atomic E-state index is 13.7. The number of ketones is 1. The fraction of sp³-hybridized carbons (Fsp3) is 0.296. The van der Waals surface area contributed by atoms with Gasteiger partial charge in [0.05, 0.1) is 5.75 Å². The summed E-state index contributed by atoms with van der Waals surface area (Å²) in [7, 11) is -3.15. The van der Waals surface area contributed by atoms with Crippen LogP contribution >= 0.6 is 0 Å². The molecule has 1 saturated carbocycles. The van der Waals surface area contributed by atoms with Gasteiger partial charge in [0.25, 0.3) is 0 Å². The molecule has 2 aromatic carbocycles. The molecule has 3 aliphatic rings. The van der Waals surface area contributed by atoms with E-state index in [4.69, 9.17) is 0 Å². The van der Waals surface area contributed by atoms with Gasteiger partial charge in [0.1, 0.15) is 5.82 Å². The molecule has 0 heterocycles. The molecular formula is C27H25FO3S. The number of Topliss-reactive ketones (excluding diaryl/α,β-unsaturated/α-hetero) is 1. The van der Waals surface area contributed by atoms with E-state index >= 15 is 0 Å². The van der Waals surface area contributed by atoms with Crippen LogP contribution in [0.2, 0.25) is 0 Å². The van der Waals surface area contributed by atoms with Gasteiger partial charge in [-0.15, -0.1) is 0 Å². The number of carbonyl (C=O) groups is 1. The van der Waals surface area contributed by atoms with E-state index in [1.807, 2.05) is 18.2 Å². The maximum Gasteiger partial charge on any atom is 0.162 e. The van der Waals surface area contributed by atoms with Crippen LogP contribution in [0, 0.1) is 11.7 Å². The molecule has 0 saturated heterocycles. The fourth-order valence-corrected chi connectivity index (χ4v) is 6.19. The second kappa shape index (κ2) is 7.66. The van der Waals surface area contributed by atoms with E-state index in [0.29, 0.717) is 6.42 Å². The van der Waals surface area contributed by atoms with E-state index in [1.165, 1.54) is 24.0 Å². The molecule has 3 nitrogen and oxygen atoms in total. The van der Waals surface area contributed by atoms with Gasteiger partial charge in [-0.05, 0) is 63.3 Å². The minimum absolute atomic E-state index is 0.00722. The van der Waals surface area contributed by atoms with Gasteiger partial charge < -0.3 is 0 Å². The first-order chi connectivity index (χ1) is 15.2. The lowest BCUT2D eigenvalue weighted by atomic mass is 9.68. The van der Waals surface area contributed by atoms with Gasteiger partial charge in [0, 0.05) is 30.1 Å². The highest BCUT2D eigenvalue weighted by atomic mass is 32.2. The zero-order valence-corrected chi connectivity index (χ0v) is 19.0. The fourth-order valence-electron chi connectivity index (χ4n) is 5.41. The zero-order chi connectivity index (χ0) is 22.6. The molecule has 32 heavy (non-hydrogen) atoms. The summed E-state index contributed by atoms with van der Waals surface area (Å²) in [4.78, 5) is 12.7. The van der Waals surface area contributed by atoms with Crippen LogP contribution in [-0.2, 0) is 20.4 Å². The van der Waals surface area contributed by atoms with Gasteiger partial charge in [-0.2, -0.15) is 0 Å². The SMILES string of the molecule is CC1C=C2C(=O)CCCC2=C2C1=c1ccc(CS(C)(=O)=O)cc1=CC2c1ccc(F)cc1. The predicted molar refractivity (Wildman–Crippen MR) is 124 cm³/mol. The van der Waals surface area contributed by atoms with Crippen molar-refractivity contribution < 1.29 is 17.6 Å². The first-order valence-electron chi connectivity index (χ1n) is 11.0. The van der Waals surface area contributed by atoms with Gasteiger partial charge in [0.15, 0.2) is 15.6 Å². The molecule has 2 unspecified atom stereocenters. The Morgan fingerprint density at radius 3 is 2.47 bits per heavy atom. The topological polar surface area (TPSA) is 51.2 Å². The molecule has 0 spiro atoms. The molecule has 2 atom stereocenters. The van der Waals surface area contributed by atoms with Gasteiger partial charge in [-0.1, -0.05) is 49.4 Å². The normalized spacial score (nSPS) is 22.5. The van der Waals surface area contributed by atoms with E-state index in [9.17, 15) is 17.6 Å². The van der Waals surface area contributed by atoms with Crippen LogP contribution in [-0.4, -0.2) is 20.5 Å². The highest BCUT2D eigenvalue weighted by molar-refractivity contribution is 7.89. The average Bonchev–Trinajstić information content (AvgIpc) is 2.73. The molecule has 0 aromatic heterocycles. The van der Waals surface area contributed by atoms with Crippen LogP contribution in [0.3, 0.4) is 0 Å². The molecule has 0 N–H and O–H groups in total. The molecule has 5 heteroatoms.